The molecule has 4 nitrogen and oxygen atoms in total. The number of rotatable bonds is 8. The van der Waals surface area contributed by atoms with E-state index in [0.29, 0.717) is 18.3 Å². The lowest BCUT2D eigenvalue weighted by molar-refractivity contribution is 0.217. The summed E-state index contributed by atoms with van der Waals surface area (Å²) in [4.78, 5) is 11.7. The quantitative estimate of drug-likeness (QED) is 0.612. The van der Waals surface area contributed by atoms with E-state index < -0.39 is 0 Å². The van der Waals surface area contributed by atoms with E-state index in [1.54, 1.807) is 0 Å². The van der Waals surface area contributed by atoms with Crippen molar-refractivity contribution in [2.45, 2.75) is 53.0 Å². The van der Waals surface area contributed by atoms with E-state index in [1.165, 1.54) is 0 Å². The van der Waals surface area contributed by atoms with Crippen LogP contribution in [0, 0.1) is 11.8 Å². The minimum atomic E-state index is -0.121. The molecule has 3 N–H and O–H groups in total. The first-order valence-corrected chi connectivity index (χ1v) is 6.70. The number of carbonyl (C=O) groups is 1. The van der Waals surface area contributed by atoms with E-state index in [0.717, 1.165) is 19.4 Å². The van der Waals surface area contributed by atoms with Crippen molar-refractivity contribution >= 4 is 6.03 Å². The van der Waals surface area contributed by atoms with Gasteiger partial charge < -0.3 is 15.7 Å². The molecule has 4 heteroatoms. The predicted octanol–water partition coefficient (Wildman–Crippen LogP) is 2.13. The molecule has 0 aliphatic carbocycles. The number of amides is 2. The van der Waals surface area contributed by atoms with Gasteiger partial charge in [0.05, 0.1) is 0 Å². The first-order chi connectivity index (χ1) is 8.04. The van der Waals surface area contributed by atoms with Gasteiger partial charge in [0, 0.05) is 19.2 Å². The van der Waals surface area contributed by atoms with Gasteiger partial charge in [-0.1, -0.05) is 40.5 Å². The summed E-state index contributed by atoms with van der Waals surface area (Å²) in [6.07, 6.45) is 2.78. The van der Waals surface area contributed by atoms with Crippen LogP contribution in [0.15, 0.2) is 0 Å². The van der Waals surface area contributed by atoms with Crippen LogP contribution in [-0.2, 0) is 0 Å². The van der Waals surface area contributed by atoms with Crippen molar-refractivity contribution in [3.05, 3.63) is 0 Å². The van der Waals surface area contributed by atoms with Crippen molar-refractivity contribution in [3.8, 4) is 0 Å². The standard InChI is InChI=1S/C13H28N2O2/c1-5-11(6-2)9-14-13(17)15-12(7-8-16)10(3)4/h10-12,16H,5-9H2,1-4H3,(H2,14,15,17). The van der Waals surface area contributed by atoms with Crippen LogP contribution in [0.25, 0.3) is 0 Å². The van der Waals surface area contributed by atoms with Crippen LogP contribution in [0.1, 0.15) is 47.0 Å². The Labute approximate surface area is 105 Å². The Morgan fingerprint density at radius 1 is 1.24 bits per heavy atom. The number of urea groups is 1. The van der Waals surface area contributed by atoms with Crippen molar-refractivity contribution in [3.63, 3.8) is 0 Å². The smallest absolute Gasteiger partial charge is 0.315 e. The lowest BCUT2D eigenvalue weighted by Gasteiger charge is -2.22. The average molecular weight is 244 g/mol. The van der Waals surface area contributed by atoms with Gasteiger partial charge in [-0.15, -0.1) is 0 Å². The van der Waals surface area contributed by atoms with Gasteiger partial charge in [-0.25, -0.2) is 4.79 Å². The molecule has 1 atom stereocenters. The van der Waals surface area contributed by atoms with E-state index in [1.807, 2.05) is 13.8 Å². The molecule has 0 fully saturated rings. The summed E-state index contributed by atoms with van der Waals surface area (Å²) in [5, 5.41) is 14.7. The number of aliphatic hydroxyl groups excluding tert-OH is 1. The molecule has 0 rings (SSSR count). The Hall–Kier alpha value is -0.770. The lowest BCUT2D eigenvalue weighted by atomic mass is 10.0. The summed E-state index contributed by atoms with van der Waals surface area (Å²) < 4.78 is 0. The van der Waals surface area contributed by atoms with Crippen LogP contribution < -0.4 is 10.6 Å². The second-order valence-electron chi connectivity index (χ2n) is 4.90. The van der Waals surface area contributed by atoms with E-state index in [9.17, 15) is 4.79 Å². The molecule has 0 aromatic rings. The van der Waals surface area contributed by atoms with E-state index in [4.69, 9.17) is 5.11 Å². The van der Waals surface area contributed by atoms with Gasteiger partial charge in [0.15, 0.2) is 0 Å². The summed E-state index contributed by atoms with van der Waals surface area (Å²) >= 11 is 0. The van der Waals surface area contributed by atoms with Crippen molar-refractivity contribution in [1.29, 1.82) is 0 Å². The fourth-order valence-electron chi connectivity index (χ4n) is 1.75. The fourth-order valence-corrected chi connectivity index (χ4v) is 1.75. The van der Waals surface area contributed by atoms with Gasteiger partial charge in [0.1, 0.15) is 0 Å². The Balaban J connectivity index is 3.97. The molecule has 102 valence electrons. The minimum absolute atomic E-state index is 0.0432. The van der Waals surface area contributed by atoms with Gasteiger partial charge in [-0.2, -0.15) is 0 Å². The Morgan fingerprint density at radius 2 is 1.82 bits per heavy atom. The van der Waals surface area contributed by atoms with Crippen molar-refractivity contribution in [2.75, 3.05) is 13.2 Å². The van der Waals surface area contributed by atoms with Crippen molar-refractivity contribution < 1.29 is 9.90 Å². The topological polar surface area (TPSA) is 61.4 Å². The molecule has 0 spiro atoms. The highest BCUT2D eigenvalue weighted by Gasteiger charge is 2.15. The summed E-state index contributed by atoms with van der Waals surface area (Å²) in [6.45, 7) is 9.19. The first-order valence-electron chi connectivity index (χ1n) is 6.70. The zero-order valence-corrected chi connectivity index (χ0v) is 11.6. The van der Waals surface area contributed by atoms with Gasteiger partial charge in [0.25, 0.3) is 0 Å². The molecule has 0 aromatic heterocycles. The normalized spacial score (nSPS) is 12.9. The van der Waals surface area contributed by atoms with Crippen molar-refractivity contribution in [1.82, 2.24) is 10.6 Å². The number of hydrogen-bond donors (Lipinski definition) is 3. The Bertz CT molecular complexity index is 204. The SMILES string of the molecule is CCC(CC)CNC(=O)NC(CCO)C(C)C. The highest BCUT2D eigenvalue weighted by molar-refractivity contribution is 5.74. The molecule has 0 saturated carbocycles. The summed E-state index contributed by atoms with van der Waals surface area (Å²) in [7, 11) is 0. The highest BCUT2D eigenvalue weighted by Crippen LogP contribution is 2.06. The van der Waals surface area contributed by atoms with Crippen LogP contribution in [0.4, 0.5) is 4.79 Å². The third kappa shape index (κ3) is 7.21. The zero-order valence-electron chi connectivity index (χ0n) is 11.6. The molecule has 0 radical (unpaired) electrons. The minimum Gasteiger partial charge on any atom is -0.396 e. The molecule has 0 saturated heterocycles. The number of carbonyl (C=O) groups excluding carboxylic acids is 1. The van der Waals surface area contributed by atoms with E-state index in [2.05, 4.69) is 24.5 Å². The van der Waals surface area contributed by atoms with Gasteiger partial charge in [-0.05, 0) is 18.3 Å². The second-order valence-corrected chi connectivity index (χ2v) is 4.90. The third-order valence-corrected chi connectivity index (χ3v) is 3.27. The fraction of sp³-hybridized carbons (Fsp3) is 0.923. The van der Waals surface area contributed by atoms with Gasteiger partial charge in [0.2, 0.25) is 0 Å². The lowest BCUT2D eigenvalue weighted by Crippen LogP contribution is -2.46. The van der Waals surface area contributed by atoms with Crippen LogP contribution in [0.3, 0.4) is 0 Å². The molecular formula is C13H28N2O2. The molecule has 0 aliphatic heterocycles. The predicted molar refractivity (Wildman–Crippen MR) is 70.9 cm³/mol. The number of nitrogens with one attached hydrogen (secondary N) is 2. The largest absolute Gasteiger partial charge is 0.396 e. The molecular weight excluding hydrogens is 216 g/mol. The van der Waals surface area contributed by atoms with Gasteiger partial charge in [-0.3, -0.25) is 0 Å². The average Bonchev–Trinajstić information content (AvgIpc) is 2.29. The maximum Gasteiger partial charge on any atom is 0.315 e. The second kappa shape index (κ2) is 9.28. The molecule has 0 aliphatic rings. The zero-order chi connectivity index (χ0) is 13.3. The maximum atomic E-state index is 11.7. The maximum absolute atomic E-state index is 11.7. The summed E-state index contributed by atoms with van der Waals surface area (Å²) in [6, 6.07) is -0.0780. The Kier molecular flexibility index (Phi) is 8.86. The van der Waals surface area contributed by atoms with Gasteiger partial charge >= 0.3 is 6.03 Å². The Morgan fingerprint density at radius 3 is 2.24 bits per heavy atom. The number of hydrogen-bond acceptors (Lipinski definition) is 2. The van der Waals surface area contributed by atoms with Crippen LogP contribution in [0.2, 0.25) is 0 Å². The van der Waals surface area contributed by atoms with Crippen LogP contribution >= 0.6 is 0 Å². The van der Waals surface area contributed by atoms with Crippen LogP contribution in [0.5, 0.6) is 0 Å². The van der Waals surface area contributed by atoms with Crippen molar-refractivity contribution in [2.24, 2.45) is 11.8 Å². The molecule has 0 aromatic carbocycles. The highest BCUT2D eigenvalue weighted by atomic mass is 16.3. The first kappa shape index (κ1) is 16.2. The molecule has 0 bridgehead atoms. The summed E-state index contributed by atoms with van der Waals surface area (Å²) in [5.74, 6) is 0.886. The third-order valence-electron chi connectivity index (χ3n) is 3.27. The molecule has 17 heavy (non-hydrogen) atoms. The molecule has 0 heterocycles. The monoisotopic (exact) mass is 244 g/mol. The number of aliphatic hydroxyl groups is 1. The van der Waals surface area contributed by atoms with E-state index >= 15 is 0 Å². The van der Waals surface area contributed by atoms with E-state index in [-0.39, 0.29) is 18.7 Å². The summed E-state index contributed by atoms with van der Waals surface area (Å²) in [5.41, 5.74) is 0. The molecule has 2 amide bonds. The molecule has 1 unspecified atom stereocenters. The van der Waals surface area contributed by atoms with Crippen LogP contribution in [-0.4, -0.2) is 30.3 Å².